The predicted molar refractivity (Wildman–Crippen MR) is 84.2 cm³/mol. The highest BCUT2D eigenvalue weighted by molar-refractivity contribution is 9.10. The number of halogens is 1. The van der Waals surface area contributed by atoms with E-state index >= 15 is 0 Å². The molecule has 18 heavy (non-hydrogen) atoms. The van der Waals surface area contributed by atoms with Crippen LogP contribution in [0.3, 0.4) is 0 Å². The molecule has 0 amide bonds. The SMILES string of the molecule is COCC(Nc1cccc(Br)c1C(N)=S)C(C)C. The molecule has 3 nitrogen and oxygen atoms in total. The lowest BCUT2D eigenvalue weighted by Gasteiger charge is -2.24. The van der Waals surface area contributed by atoms with Crippen LogP contribution in [0, 0.1) is 5.92 Å². The topological polar surface area (TPSA) is 47.3 Å². The van der Waals surface area contributed by atoms with E-state index in [9.17, 15) is 0 Å². The average Bonchev–Trinajstić information content (AvgIpc) is 2.27. The van der Waals surface area contributed by atoms with Gasteiger partial charge < -0.3 is 15.8 Å². The number of hydrogen-bond acceptors (Lipinski definition) is 3. The van der Waals surface area contributed by atoms with Gasteiger partial charge in [-0.3, -0.25) is 0 Å². The Labute approximate surface area is 122 Å². The van der Waals surface area contributed by atoms with E-state index in [1.54, 1.807) is 7.11 Å². The maximum atomic E-state index is 5.77. The average molecular weight is 331 g/mol. The summed E-state index contributed by atoms with van der Waals surface area (Å²) in [5.74, 6) is 0.447. The number of anilines is 1. The minimum absolute atomic E-state index is 0.220. The molecule has 1 aromatic rings. The summed E-state index contributed by atoms with van der Waals surface area (Å²) in [5, 5.41) is 3.45. The molecular weight excluding hydrogens is 312 g/mol. The highest BCUT2D eigenvalue weighted by Gasteiger charge is 2.16. The van der Waals surface area contributed by atoms with Gasteiger partial charge in [-0.1, -0.05) is 32.1 Å². The van der Waals surface area contributed by atoms with E-state index < -0.39 is 0 Å². The van der Waals surface area contributed by atoms with Crippen molar-refractivity contribution in [2.45, 2.75) is 19.9 Å². The van der Waals surface area contributed by atoms with Crippen LogP contribution >= 0.6 is 28.1 Å². The lowest BCUT2D eigenvalue weighted by atomic mass is 10.0. The molecule has 0 aliphatic heterocycles. The van der Waals surface area contributed by atoms with Gasteiger partial charge in [0.1, 0.15) is 4.99 Å². The molecule has 1 aromatic carbocycles. The van der Waals surface area contributed by atoms with Gasteiger partial charge in [0.05, 0.1) is 12.6 Å². The van der Waals surface area contributed by atoms with Gasteiger partial charge in [0.25, 0.3) is 0 Å². The Morgan fingerprint density at radius 3 is 2.67 bits per heavy atom. The van der Waals surface area contributed by atoms with E-state index in [1.165, 1.54) is 0 Å². The van der Waals surface area contributed by atoms with E-state index in [0.29, 0.717) is 17.5 Å². The lowest BCUT2D eigenvalue weighted by molar-refractivity contribution is 0.171. The Balaban J connectivity index is 3.02. The first-order valence-electron chi connectivity index (χ1n) is 5.81. The van der Waals surface area contributed by atoms with Gasteiger partial charge >= 0.3 is 0 Å². The minimum atomic E-state index is 0.220. The molecule has 0 aliphatic carbocycles. The van der Waals surface area contributed by atoms with Gasteiger partial charge in [0.2, 0.25) is 0 Å². The van der Waals surface area contributed by atoms with E-state index in [4.69, 9.17) is 22.7 Å². The van der Waals surface area contributed by atoms with Crippen LogP contribution in [0.25, 0.3) is 0 Å². The zero-order valence-electron chi connectivity index (χ0n) is 10.9. The van der Waals surface area contributed by atoms with Crippen molar-refractivity contribution in [1.82, 2.24) is 0 Å². The molecule has 0 radical (unpaired) electrons. The molecule has 1 atom stereocenters. The summed E-state index contributed by atoms with van der Waals surface area (Å²) in [4.78, 5) is 0.380. The molecule has 0 fully saturated rings. The summed E-state index contributed by atoms with van der Waals surface area (Å²) < 4.78 is 6.13. The fourth-order valence-electron chi connectivity index (χ4n) is 1.67. The van der Waals surface area contributed by atoms with Crippen LogP contribution in [0.2, 0.25) is 0 Å². The quantitative estimate of drug-likeness (QED) is 0.786. The molecule has 100 valence electrons. The number of benzene rings is 1. The first kappa shape index (κ1) is 15.4. The number of methoxy groups -OCH3 is 1. The number of thiocarbonyl (C=S) groups is 1. The smallest absolute Gasteiger partial charge is 0.107 e. The molecule has 3 N–H and O–H groups in total. The van der Waals surface area contributed by atoms with E-state index in [1.807, 2.05) is 18.2 Å². The molecule has 0 bridgehead atoms. The molecule has 5 heteroatoms. The molecule has 0 heterocycles. The monoisotopic (exact) mass is 330 g/mol. The van der Waals surface area contributed by atoms with Gasteiger partial charge in [0.15, 0.2) is 0 Å². The Morgan fingerprint density at radius 1 is 1.50 bits per heavy atom. The standard InChI is InChI=1S/C13H19BrN2OS/c1-8(2)11(7-17-3)16-10-6-4-5-9(14)12(10)13(15)18/h4-6,8,11,16H,7H2,1-3H3,(H2,15,18). The van der Waals surface area contributed by atoms with Crippen LogP contribution in [-0.2, 0) is 4.74 Å². The number of hydrogen-bond donors (Lipinski definition) is 2. The normalized spacial score (nSPS) is 12.5. The highest BCUT2D eigenvalue weighted by atomic mass is 79.9. The largest absolute Gasteiger partial charge is 0.389 e. The Bertz CT molecular complexity index is 423. The summed E-state index contributed by atoms with van der Waals surface area (Å²) >= 11 is 8.57. The third kappa shape index (κ3) is 3.93. The molecule has 1 rings (SSSR count). The summed E-state index contributed by atoms with van der Waals surface area (Å²) in [5.41, 5.74) is 7.55. The fourth-order valence-corrected chi connectivity index (χ4v) is 2.61. The molecule has 1 unspecified atom stereocenters. The Hall–Kier alpha value is -0.650. The summed E-state index contributed by atoms with van der Waals surface area (Å²) in [6, 6.07) is 6.08. The second-order valence-corrected chi connectivity index (χ2v) is 5.77. The van der Waals surface area contributed by atoms with Crippen LogP contribution in [-0.4, -0.2) is 24.7 Å². The summed E-state index contributed by atoms with van der Waals surface area (Å²) in [6.45, 7) is 4.94. The van der Waals surface area contributed by atoms with Crippen molar-refractivity contribution in [3.05, 3.63) is 28.2 Å². The molecular formula is C13H19BrN2OS. The Kier molecular flexibility index (Phi) is 6.05. The zero-order valence-corrected chi connectivity index (χ0v) is 13.3. The van der Waals surface area contributed by atoms with Crippen LogP contribution in [0.4, 0.5) is 5.69 Å². The number of nitrogens with one attached hydrogen (secondary N) is 1. The fraction of sp³-hybridized carbons (Fsp3) is 0.462. The first-order valence-corrected chi connectivity index (χ1v) is 7.01. The van der Waals surface area contributed by atoms with Crippen LogP contribution in [0.15, 0.2) is 22.7 Å². The molecule has 0 spiro atoms. The number of nitrogens with two attached hydrogens (primary N) is 1. The van der Waals surface area contributed by atoms with E-state index in [-0.39, 0.29) is 6.04 Å². The zero-order chi connectivity index (χ0) is 13.7. The van der Waals surface area contributed by atoms with Crippen molar-refractivity contribution in [3.63, 3.8) is 0 Å². The Morgan fingerprint density at radius 2 is 2.17 bits per heavy atom. The summed E-state index contributed by atoms with van der Waals surface area (Å²) in [6.07, 6.45) is 0. The second-order valence-electron chi connectivity index (χ2n) is 4.48. The second kappa shape index (κ2) is 7.07. The van der Waals surface area contributed by atoms with Crippen molar-refractivity contribution < 1.29 is 4.74 Å². The van der Waals surface area contributed by atoms with Crippen molar-refractivity contribution in [2.24, 2.45) is 11.7 Å². The van der Waals surface area contributed by atoms with Gasteiger partial charge in [-0.15, -0.1) is 0 Å². The predicted octanol–water partition coefficient (Wildman–Crippen LogP) is 3.17. The third-order valence-corrected chi connectivity index (χ3v) is 3.62. The first-order chi connectivity index (χ1) is 8.47. The van der Waals surface area contributed by atoms with Crippen molar-refractivity contribution in [2.75, 3.05) is 19.0 Å². The molecule has 0 aromatic heterocycles. The van der Waals surface area contributed by atoms with Crippen LogP contribution < -0.4 is 11.1 Å². The lowest BCUT2D eigenvalue weighted by Crippen LogP contribution is -2.31. The molecule has 0 saturated heterocycles. The van der Waals surface area contributed by atoms with Gasteiger partial charge in [-0.05, 0) is 34.0 Å². The van der Waals surface area contributed by atoms with Crippen molar-refractivity contribution in [3.8, 4) is 0 Å². The van der Waals surface area contributed by atoms with Crippen molar-refractivity contribution >= 4 is 38.8 Å². The van der Waals surface area contributed by atoms with Crippen LogP contribution in [0.1, 0.15) is 19.4 Å². The van der Waals surface area contributed by atoms with E-state index in [0.717, 1.165) is 15.7 Å². The number of ether oxygens (including phenoxy) is 1. The third-order valence-electron chi connectivity index (χ3n) is 2.75. The van der Waals surface area contributed by atoms with Gasteiger partial charge in [-0.25, -0.2) is 0 Å². The van der Waals surface area contributed by atoms with E-state index in [2.05, 4.69) is 35.1 Å². The maximum absolute atomic E-state index is 5.77. The molecule has 0 saturated carbocycles. The summed E-state index contributed by atoms with van der Waals surface area (Å²) in [7, 11) is 1.70. The van der Waals surface area contributed by atoms with Crippen molar-refractivity contribution in [1.29, 1.82) is 0 Å². The van der Waals surface area contributed by atoms with Gasteiger partial charge in [0, 0.05) is 22.8 Å². The number of rotatable bonds is 6. The van der Waals surface area contributed by atoms with Gasteiger partial charge in [-0.2, -0.15) is 0 Å². The minimum Gasteiger partial charge on any atom is -0.389 e. The highest BCUT2D eigenvalue weighted by Crippen LogP contribution is 2.26. The van der Waals surface area contributed by atoms with Crippen LogP contribution in [0.5, 0.6) is 0 Å². The maximum Gasteiger partial charge on any atom is 0.107 e. The molecule has 0 aliphatic rings.